The standard InChI is InChI=1S/C22H30BrNO4/c1-2-27-22-18(8-5-13-25)19(15-9-11-16(23)12-10-15)14-20(28-22)21(26)24-17-6-3-4-7-17/h9-12,14,17-19,22,25H,2-8,13H2,1H3,(H,24,26)/t18-,19+,22+/m1/s1. The Labute approximate surface area is 175 Å². The van der Waals surface area contributed by atoms with Gasteiger partial charge in [0, 0.05) is 35.6 Å². The molecule has 3 atom stereocenters. The summed E-state index contributed by atoms with van der Waals surface area (Å²) in [6.45, 7) is 2.56. The van der Waals surface area contributed by atoms with Crippen molar-refractivity contribution in [3.05, 3.63) is 46.1 Å². The minimum atomic E-state index is -0.500. The number of hydrogen-bond acceptors (Lipinski definition) is 4. The Morgan fingerprint density at radius 2 is 2.00 bits per heavy atom. The maximum Gasteiger partial charge on any atom is 0.286 e. The highest BCUT2D eigenvalue weighted by Gasteiger charge is 2.38. The first-order chi connectivity index (χ1) is 13.6. The number of rotatable bonds is 8. The maximum absolute atomic E-state index is 12.8. The summed E-state index contributed by atoms with van der Waals surface area (Å²) in [6, 6.07) is 8.39. The molecule has 2 N–H and O–H groups in total. The van der Waals surface area contributed by atoms with E-state index in [4.69, 9.17) is 9.47 Å². The van der Waals surface area contributed by atoms with Gasteiger partial charge in [-0.25, -0.2) is 0 Å². The highest BCUT2D eigenvalue weighted by Crippen LogP contribution is 2.39. The van der Waals surface area contributed by atoms with Crippen LogP contribution < -0.4 is 5.32 Å². The number of nitrogens with one attached hydrogen (secondary N) is 1. The van der Waals surface area contributed by atoms with Crippen LogP contribution in [0.15, 0.2) is 40.6 Å². The molecule has 6 heteroatoms. The number of ether oxygens (including phenoxy) is 2. The van der Waals surface area contributed by atoms with Crippen molar-refractivity contribution in [3.8, 4) is 0 Å². The fourth-order valence-corrected chi connectivity index (χ4v) is 4.42. The third-order valence-corrected chi connectivity index (χ3v) is 6.11. The van der Waals surface area contributed by atoms with Crippen LogP contribution in [0.5, 0.6) is 0 Å². The highest BCUT2D eigenvalue weighted by atomic mass is 79.9. The molecular formula is C22H30BrNO4. The Morgan fingerprint density at radius 3 is 2.64 bits per heavy atom. The number of benzene rings is 1. The molecule has 3 rings (SSSR count). The summed E-state index contributed by atoms with van der Waals surface area (Å²) in [5.74, 6) is 0.225. The predicted octanol–water partition coefficient (Wildman–Crippen LogP) is 4.26. The van der Waals surface area contributed by atoms with Crippen LogP contribution in [0.2, 0.25) is 0 Å². The van der Waals surface area contributed by atoms with Gasteiger partial charge in [-0.1, -0.05) is 40.9 Å². The summed E-state index contributed by atoms with van der Waals surface area (Å²) in [7, 11) is 0. The van der Waals surface area contributed by atoms with Crippen molar-refractivity contribution in [2.45, 2.75) is 63.7 Å². The van der Waals surface area contributed by atoms with Crippen LogP contribution >= 0.6 is 15.9 Å². The van der Waals surface area contributed by atoms with Gasteiger partial charge in [-0.05, 0) is 56.4 Å². The Morgan fingerprint density at radius 1 is 1.29 bits per heavy atom. The van der Waals surface area contributed by atoms with Gasteiger partial charge in [-0.15, -0.1) is 0 Å². The summed E-state index contributed by atoms with van der Waals surface area (Å²) in [4.78, 5) is 12.8. The van der Waals surface area contributed by atoms with Gasteiger partial charge in [0.1, 0.15) is 0 Å². The average molecular weight is 452 g/mol. The van der Waals surface area contributed by atoms with Gasteiger partial charge in [-0.3, -0.25) is 4.79 Å². The summed E-state index contributed by atoms with van der Waals surface area (Å²) in [5, 5.41) is 12.5. The normalized spacial score (nSPS) is 25.2. The van der Waals surface area contributed by atoms with E-state index in [0.29, 0.717) is 18.8 Å². The molecule has 5 nitrogen and oxygen atoms in total. The molecule has 1 saturated carbocycles. The minimum Gasteiger partial charge on any atom is -0.459 e. The molecule has 1 aliphatic heterocycles. The Kier molecular flexibility index (Phi) is 7.94. The van der Waals surface area contributed by atoms with Gasteiger partial charge in [-0.2, -0.15) is 0 Å². The average Bonchev–Trinajstić information content (AvgIpc) is 3.20. The number of halogens is 1. The van der Waals surface area contributed by atoms with Crippen molar-refractivity contribution in [1.29, 1.82) is 0 Å². The molecule has 2 aliphatic rings. The first-order valence-corrected chi connectivity index (χ1v) is 11.1. The molecule has 28 heavy (non-hydrogen) atoms. The highest BCUT2D eigenvalue weighted by molar-refractivity contribution is 9.10. The molecule has 1 fully saturated rings. The zero-order chi connectivity index (χ0) is 19.9. The molecule has 0 aromatic heterocycles. The second-order valence-electron chi connectivity index (χ2n) is 7.53. The van der Waals surface area contributed by atoms with Gasteiger partial charge in [0.2, 0.25) is 6.29 Å². The van der Waals surface area contributed by atoms with Gasteiger partial charge in [0.25, 0.3) is 5.91 Å². The van der Waals surface area contributed by atoms with Crippen LogP contribution in [0.4, 0.5) is 0 Å². The van der Waals surface area contributed by atoms with E-state index < -0.39 is 6.29 Å². The van der Waals surface area contributed by atoms with E-state index in [1.54, 1.807) is 0 Å². The molecule has 0 bridgehead atoms. The Bertz CT molecular complexity index is 670. The maximum atomic E-state index is 12.8. The molecule has 1 amide bonds. The number of aliphatic hydroxyl groups excluding tert-OH is 1. The van der Waals surface area contributed by atoms with Gasteiger partial charge in [0.15, 0.2) is 5.76 Å². The van der Waals surface area contributed by atoms with E-state index in [1.807, 2.05) is 25.1 Å². The van der Waals surface area contributed by atoms with Gasteiger partial charge in [0.05, 0.1) is 0 Å². The topological polar surface area (TPSA) is 67.8 Å². The van der Waals surface area contributed by atoms with Crippen LogP contribution in [-0.2, 0) is 14.3 Å². The Hall–Kier alpha value is -1.37. The lowest BCUT2D eigenvalue weighted by Crippen LogP contribution is -2.41. The second kappa shape index (κ2) is 10.4. The monoisotopic (exact) mass is 451 g/mol. The first kappa shape index (κ1) is 21.3. The molecule has 1 heterocycles. The molecule has 0 saturated heterocycles. The van der Waals surface area contributed by atoms with E-state index in [9.17, 15) is 9.90 Å². The fourth-order valence-electron chi connectivity index (χ4n) is 4.16. The summed E-state index contributed by atoms with van der Waals surface area (Å²) in [6.07, 6.45) is 7.25. The lowest BCUT2D eigenvalue weighted by atomic mass is 9.80. The molecule has 1 aromatic rings. The van der Waals surface area contributed by atoms with E-state index in [1.165, 1.54) is 0 Å². The number of amides is 1. The molecule has 1 aromatic carbocycles. The third-order valence-electron chi connectivity index (χ3n) is 5.58. The van der Waals surface area contributed by atoms with Crippen molar-refractivity contribution in [2.24, 2.45) is 5.92 Å². The van der Waals surface area contributed by atoms with Crippen LogP contribution in [0, 0.1) is 5.92 Å². The van der Waals surface area contributed by atoms with Crippen molar-refractivity contribution < 1.29 is 19.4 Å². The fraction of sp³-hybridized carbons (Fsp3) is 0.591. The summed E-state index contributed by atoms with van der Waals surface area (Å²) < 4.78 is 12.9. The van der Waals surface area contributed by atoms with E-state index >= 15 is 0 Å². The molecule has 0 radical (unpaired) electrons. The summed E-state index contributed by atoms with van der Waals surface area (Å²) >= 11 is 3.49. The lowest BCUT2D eigenvalue weighted by molar-refractivity contribution is -0.166. The van der Waals surface area contributed by atoms with Crippen LogP contribution in [0.25, 0.3) is 0 Å². The van der Waals surface area contributed by atoms with Crippen molar-refractivity contribution in [3.63, 3.8) is 0 Å². The molecule has 1 aliphatic carbocycles. The Balaban J connectivity index is 1.87. The van der Waals surface area contributed by atoms with Crippen molar-refractivity contribution in [2.75, 3.05) is 13.2 Å². The molecule has 154 valence electrons. The molecule has 0 unspecified atom stereocenters. The van der Waals surface area contributed by atoms with Crippen LogP contribution in [0.3, 0.4) is 0 Å². The predicted molar refractivity (Wildman–Crippen MR) is 112 cm³/mol. The SMILES string of the molecule is CCO[C@H]1OC(C(=O)NC2CCCC2)=C[C@@H](c2ccc(Br)cc2)[C@H]1CCCO. The van der Waals surface area contributed by atoms with Crippen molar-refractivity contribution >= 4 is 21.8 Å². The quantitative estimate of drug-likeness (QED) is 0.619. The zero-order valence-corrected chi connectivity index (χ0v) is 18.0. The van der Waals surface area contributed by atoms with Crippen molar-refractivity contribution in [1.82, 2.24) is 5.32 Å². The van der Waals surface area contributed by atoms with Crippen LogP contribution in [0.1, 0.15) is 56.9 Å². The number of allylic oxidation sites excluding steroid dienone is 1. The number of hydrogen-bond donors (Lipinski definition) is 2. The smallest absolute Gasteiger partial charge is 0.286 e. The number of carbonyl (C=O) groups is 1. The second-order valence-corrected chi connectivity index (χ2v) is 8.45. The van der Waals surface area contributed by atoms with E-state index in [0.717, 1.165) is 42.1 Å². The number of carbonyl (C=O) groups excluding carboxylic acids is 1. The van der Waals surface area contributed by atoms with Gasteiger partial charge >= 0.3 is 0 Å². The first-order valence-electron chi connectivity index (χ1n) is 10.3. The van der Waals surface area contributed by atoms with E-state index in [-0.39, 0.29) is 30.4 Å². The largest absolute Gasteiger partial charge is 0.459 e. The van der Waals surface area contributed by atoms with Gasteiger partial charge < -0.3 is 19.9 Å². The van der Waals surface area contributed by atoms with E-state index in [2.05, 4.69) is 33.4 Å². The molecule has 0 spiro atoms. The minimum absolute atomic E-state index is 0.00530. The van der Waals surface area contributed by atoms with Crippen LogP contribution in [-0.4, -0.2) is 36.6 Å². The summed E-state index contributed by atoms with van der Waals surface area (Å²) in [5.41, 5.74) is 1.12. The number of aliphatic hydroxyl groups is 1. The lowest BCUT2D eigenvalue weighted by Gasteiger charge is -2.37. The molecular weight excluding hydrogens is 422 g/mol. The third kappa shape index (κ3) is 5.37. The zero-order valence-electron chi connectivity index (χ0n) is 16.4.